The lowest BCUT2D eigenvalue weighted by molar-refractivity contribution is 1.18. The van der Waals surface area contributed by atoms with Crippen molar-refractivity contribution in [1.29, 1.82) is 0 Å². The summed E-state index contributed by atoms with van der Waals surface area (Å²) in [6.07, 6.45) is 0. The number of rotatable bonds is 6. The van der Waals surface area contributed by atoms with Crippen molar-refractivity contribution in [3.63, 3.8) is 0 Å². The molecule has 0 aliphatic rings. The van der Waals surface area contributed by atoms with Crippen LogP contribution < -0.4 is 20.7 Å². The van der Waals surface area contributed by atoms with Crippen molar-refractivity contribution in [2.24, 2.45) is 0 Å². The van der Waals surface area contributed by atoms with Gasteiger partial charge in [-0.15, -0.1) is 0 Å². The molecule has 0 aliphatic heterocycles. The van der Waals surface area contributed by atoms with Crippen LogP contribution in [-0.4, -0.2) is 12.6 Å². The second kappa shape index (κ2) is 11.5. The van der Waals surface area contributed by atoms with Crippen LogP contribution >= 0.6 is 0 Å². The Kier molecular flexibility index (Phi) is 6.91. The quantitative estimate of drug-likeness (QED) is 0.103. The van der Waals surface area contributed by atoms with E-state index in [-0.39, 0.29) is 0 Å². The van der Waals surface area contributed by atoms with Crippen molar-refractivity contribution >= 4 is 56.3 Å². The lowest BCUT2D eigenvalue weighted by atomic mass is 10.0. The fourth-order valence-corrected chi connectivity index (χ4v) is 11.9. The molecule has 0 saturated heterocycles. The Morgan fingerprint density at radius 3 is 1.37 bits per heavy atom. The highest BCUT2D eigenvalue weighted by molar-refractivity contribution is 7.19. The Labute approximate surface area is 270 Å². The summed E-state index contributed by atoms with van der Waals surface area (Å²) in [6.45, 7) is 8.12. The van der Waals surface area contributed by atoms with E-state index in [4.69, 9.17) is 6.57 Å². The van der Waals surface area contributed by atoms with Gasteiger partial charge in [-0.25, -0.2) is 4.85 Å². The molecule has 0 radical (unpaired) electrons. The fraction of sp³-hybridized carbons (Fsp3) is 0. The highest BCUT2D eigenvalue weighted by Crippen LogP contribution is 2.34. The first-order valence-corrected chi connectivity index (χ1v) is 17.6. The highest BCUT2D eigenvalue weighted by Gasteiger charge is 2.41. The van der Waals surface area contributed by atoms with Crippen molar-refractivity contribution in [2.75, 3.05) is 0 Å². The van der Waals surface area contributed by atoms with Gasteiger partial charge >= 0.3 is 0 Å². The SMILES string of the molecule is [C-]#[N+]c1ccc([Si](c2ccccc2)(c2ccccc2)c2ccccc2)cc1-c1ccc(-n2c3ccccc3c3ccccc32)cc1. The van der Waals surface area contributed by atoms with Crippen molar-refractivity contribution in [3.8, 4) is 16.8 Å². The average Bonchev–Trinajstić information content (AvgIpc) is 3.48. The first-order valence-electron chi connectivity index (χ1n) is 15.6. The predicted octanol–water partition coefficient (Wildman–Crippen LogP) is 8.38. The number of hydrogen-bond acceptors (Lipinski definition) is 0. The van der Waals surface area contributed by atoms with E-state index in [1.165, 1.54) is 42.6 Å². The van der Waals surface area contributed by atoms with E-state index in [9.17, 15) is 0 Å². The van der Waals surface area contributed by atoms with Gasteiger partial charge in [-0.3, -0.25) is 0 Å². The molecule has 0 atom stereocenters. The molecule has 1 aromatic heterocycles. The van der Waals surface area contributed by atoms with Crippen molar-refractivity contribution in [1.82, 2.24) is 4.57 Å². The first kappa shape index (κ1) is 27.6. The van der Waals surface area contributed by atoms with Crippen LogP contribution in [0.3, 0.4) is 0 Å². The zero-order valence-corrected chi connectivity index (χ0v) is 26.2. The predicted molar refractivity (Wildman–Crippen MR) is 196 cm³/mol. The molecular weight excluding hydrogens is 573 g/mol. The lowest BCUT2D eigenvalue weighted by Gasteiger charge is -2.35. The van der Waals surface area contributed by atoms with E-state index in [1.807, 2.05) is 6.07 Å². The lowest BCUT2D eigenvalue weighted by Crippen LogP contribution is -2.74. The Balaban J connectivity index is 1.33. The minimum atomic E-state index is -2.72. The van der Waals surface area contributed by atoms with E-state index < -0.39 is 8.07 Å². The molecule has 0 N–H and O–H groups in total. The van der Waals surface area contributed by atoms with E-state index in [1.54, 1.807) is 0 Å². The Morgan fingerprint density at radius 1 is 0.435 bits per heavy atom. The normalized spacial score (nSPS) is 11.5. The largest absolute Gasteiger partial charge is 0.309 e. The molecule has 0 fully saturated rings. The smallest absolute Gasteiger partial charge is 0.194 e. The van der Waals surface area contributed by atoms with E-state index in [0.717, 1.165) is 16.8 Å². The van der Waals surface area contributed by atoms with Gasteiger partial charge in [0.2, 0.25) is 0 Å². The molecule has 0 spiro atoms. The molecule has 8 aromatic rings. The monoisotopic (exact) mass is 602 g/mol. The van der Waals surface area contributed by atoms with Crippen molar-refractivity contribution in [2.45, 2.75) is 0 Å². The second-order valence-electron chi connectivity index (χ2n) is 11.6. The maximum absolute atomic E-state index is 8.12. The van der Waals surface area contributed by atoms with Gasteiger partial charge < -0.3 is 4.57 Å². The molecule has 216 valence electrons. The number of hydrogen-bond donors (Lipinski definition) is 0. The number of para-hydroxylation sites is 2. The molecule has 3 heteroatoms. The van der Waals surface area contributed by atoms with Crippen LogP contribution in [0.4, 0.5) is 5.69 Å². The van der Waals surface area contributed by atoms with Crippen molar-refractivity contribution < 1.29 is 0 Å². The van der Waals surface area contributed by atoms with Crippen LogP contribution in [0.1, 0.15) is 0 Å². The maximum Gasteiger partial charge on any atom is 0.194 e. The maximum atomic E-state index is 8.12. The summed E-state index contributed by atoms with van der Waals surface area (Å²) < 4.78 is 2.33. The topological polar surface area (TPSA) is 9.29 Å². The molecule has 2 nitrogen and oxygen atoms in total. The Morgan fingerprint density at radius 2 is 0.891 bits per heavy atom. The molecule has 8 rings (SSSR count). The third-order valence-corrected chi connectivity index (χ3v) is 14.0. The summed E-state index contributed by atoms with van der Waals surface area (Å²) in [4.78, 5) is 4.00. The van der Waals surface area contributed by atoms with Crippen LogP contribution in [0.2, 0.25) is 0 Å². The Hall–Kier alpha value is -5.95. The van der Waals surface area contributed by atoms with Crippen LogP contribution in [0.25, 0.3) is 43.5 Å². The minimum Gasteiger partial charge on any atom is -0.309 e. The van der Waals surface area contributed by atoms with E-state index >= 15 is 0 Å². The standard InChI is InChI=1S/C43H30N2Si/c1-44-41-30-29-37(46(34-15-5-2-6-16-34,35-17-7-3-8-18-35)36-19-9-4-10-20-36)31-40(41)32-25-27-33(28-26-32)45-42-23-13-11-21-38(42)39-22-12-14-24-43(39)45/h2-31H. The van der Waals surface area contributed by atoms with Crippen LogP contribution in [-0.2, 0) is 0 Å². The van der Waals surface area contributed by atoms with Gasteiger partial charge in [0, 0.05) is 16.5 Å². The molecule has 46 heavy (non-hydrogen) atoms. The van der Waals surface area contributed by atoms with Gasteiger partial charge in [0.25, 0.3) is 0 Å². The molecule has 7 aromatic carbocycles. The molecule has 0 unspecified atom stereocenters. The summed E-state index contributed by atoms with van der Waals surface area (Å²) >= 11 is 0. The molecule has 0 saturated carbocycles. The molecule has 0 aliphatic carbocycles. The van der Waals surface area contributed by atoms with E-state index in [0.29, 0.717) is 5.69 Å². The summed E-state index contributed by atoms with van der Waals surface area (Å²) in [5, 5.41) is 7.69. The summed E-state index contributed by atoms with van der Waals surface area (Å²) in [7, 11) is -2.72. The highest BCUT2D eigenvalue weighted by atomic mass is 28.3. The third-order valence-electron chi connectivity index (χ3n) is 9.19. The van der Waals surface area contributed by atoms with Gasteiger partial charge in [-0.2, -0.15) is 0 Å². The molecule has 0 bridgehead atoms. The van der Waals surface area contributed by atoms with Crippen LogP contribution in [0.15, 0.2) is 182 Å². The minimum absolute atomic E-state index is 0.658. The first-order chi connectivity index (χ1) is 22.8. The van der Waals surface area contributed by atoms with Crippen molar-refractivity contribution in [3.05, 3.63) is 193 Å². The summed E-state index contributed by atoms with van der Waals surface area (Å²) in [5.74, 6) is 0. The number of nitrogens with zero attached hydrogens (tertiary/aromatic N) is 2. The third kappa shape index (κ3) is 4.39. The van der Waals surface area contributed by atoms with Gasteiger partial charge in [0.15, 0.2) is 13.8 Å². The second-order valence-corrected chi connectivity index (χ2v) is 15.4. The zero-order chi connectivity index (χ0) is 30.9. The number of aromatic nitrogens is 1. The average molecular weight is 603 g/mol. The van der Waals surface area contributed by atoms with Gasteiger partial charge in [-0.1, -0.05) is 158 Å². The van der Waals surface area contributed by atoms with Gasteiger partial charge in [0.1, 0.15) is 0 Å². The fourth-order valence-electron chi connectivity index (χ4n) is 7.15. The van der Waals surface area contributed by atoms with Crippen LogP contribution in [0, 0.1) is 6.57 Å². The molecule has 0 amide bonds. The van der Waals surface area contributed by atoms with Crippen LogP contribution in [0.5, 0.6) is 0 Å². The van der Waals surface area contributed by atoms with E-state index in [2.05, 4.69) is 185 Å². The molecule has 1 heterocycles. The Bertz CT molecular complexity index is 2200. The van der Waals surface area contributed by atoms with Gasteiger partial charge in [-0.05, 0) is 56.1 Å². The number of fused-ring (bicyclic) bond motifs is 3. The zero-order valence-electron chi connectivity index (χ0n) is 25.2. The summed E-state index contributed by atoms with van der Waals surface area (Å²) in [5.41, 5.74) is 6.12. The molecular formula is C43H30N2Si. The number of benzene rings is 7. The van der Waals surface area contributed by atoms with Gasteiger partial charge in [0.05, 0.1) is 17.6 Å². The summed E-state index contributed by atoms with van der Waals surface area (Å²) in [6, 6.07) is 65.1.